The normalized spacial score (nSPS) is 10.8. The van der Waals surface area contributed by atoms with Gasteiger partial charge in [-0.25, -0.2) is 5.43 Å². The summed E-state index contributed by atoms with van der Waals surface area (Å²) in [5, 5.41) is 22.4. The number of benzene rings is 1. The van der Waals surface area contributed by atoms with Gasteiger partial charge in [0, 0.05) is 30.6 Å². The standard InChI is InChI=1S/C14H15N3O3/c1-17-6-2-3-11(17)7-14(20)16-15-9-10-4-5-12(18)8-13(10)19/h2-6,8-9,18-19H,7H2,1H3,(H,16,20)/b15-9+. The monoisotopic (exact) mass is 273 g/mol. The van der Waals surface area contributed by atoms with E-state index in [-0.39, 0.29) is 23.8 Å². The van der Waals surface area contributed by atoms with Crippen LogP contribution in [0.25, 0.3) is 0 Å². The first kappa shape index (κ1) is 13.7. The molecule has 0 saturated carbocycles. The smallest absolute Gasteiger partial charge is 0.245 e. The molecule has 0 aliphatic rings. The molecule has 0 radical (unpaired) electrons. The molecular weight excluding hydrogens is 258 g/mol. The highest BCUT2D eigenvalue weighted by atomic mass is 16.3. The molecule has 2 rings (SSSR count). The van der Waals surface area contributed by atoms with Crippen LogP contribution in [0.5, 0.6) is 11.5 Å². The zero-order valence-electron chi connectivity index (χ0n) is 10.9. The maximum atomic E-state index is 11.7. The molecular formula is C14H15N3O3. The minimum atomic E-state index is -0.249. The summed E-state index contributed by atoms with van der Waals surface area (Å²) < 4.78 is 1.86. The summed E-state index contributed by atoms with van der Waals surface area (Å²) in [5.41, 5.74) is 3.67. The highest BCUT2D eigenvalue weighted by molar-refractivity contribution is 5.85. The average Bonchev–Trinajstić information content (AvgIpc) is 2.78. The van der Waals surface area contributed by atoms with E-state index in [1.807, 2.05) is 29.9 Å². The van der Waals surface area contributed by atoms with E-state index in [0.717, 1.165) is 5.69 Å². The number of carbonyl (C=O) groups excluding carboxylic acids is 1. The van der Waals surface area contributed by atoms with Gasteiger partial charge in [-0.05, 0) is 24.3 Å². The lowest BCUT2D eigenvalue weighted by atomic mass is 10.2. The quantitative estimate of drug-likeness (QED) is 0.576. The number of amides is 1. The lowest BCUT2D eigenvalue weighted by Gasteiger charge is -2.02. The van der Waals surface area contributed by atoms with Gasteiger partial charge >= 0.3 is 0 Å². The number of phenolic OH excluding ortho intramolecular Hbond substituents is 2. The van der Waals surface area contributed by atoms with Crippen molar-refractivity contribution in [2.45, 2.75) is 6.42 Å². The fraction of sp³-hybridized carbons (Fsp3) is 0.143. The van der Waals surface area contributed by atoms with E-state index in [1.54, 1.807) is 0 Å². The first-order valence-corrected chi connectivity index (χ1v) is 6.00. The van der Waals surface area contributed by atoms with E-state index in [9.17, 15) is 9.90 Å². The number of aromatic hydroxyl groups is 2. The zero-order chi connectivity index (χ0) is 14.5. The van der Waals surface area contributed by atoms with Crippen molar-refractivity contribution in [2.75, 3.05) is 0 Å². The van der Waals surface area contributed by atoms with Crippen LogP contribution in [-0.4, -0.2) is 26.9 Å². The van der Waals surface area contributed by atoms with Gasteiger partial charge in [0.05, 0.1) is 12.6 Å². The van der Waals surface area contributed by atoms with Gasteiger partial charge < -0.3 is 14.8 Å². The molecule has 0 aliphatic carbocycles. The summed E-state index contributed by atoms with van der Waals surface area (Å²) in [6.07, 6.45) is 3.40. The zero-order valence-corrected chi connectivity index (χ0v) is 10.9. The Morgan fingerprint density at radius 3 is 2.85 bits per heavy atom. The third kappa shape index (κ3) is 3.38. The van der Waals surface area contributed by atoms with E-state index in [0.29, 0.717) is 5.56 Å². The molecule has 1 aromatic heterocycles. The van der Waals surface area contributed by atoms with Crippen molar-refractivity contribution in [1.82, 2.24) is 9.99 Å². The van der Waals surface area contributed by atoms with Crippen LogP contribution < -0.4 is 5.43 Å². The van der Waals surface area contributed by atoms with Crippen molar-refractivity contribution in [3.05, 3.63) is 47.8 Å². The lowest BCUT2D eigenvalue weighted by molar-refractivity contribution is -0.120. The number of aryl methyl sites for hydroxylation is 1. The highest BCUT2D eigenvalue weighted by Gasteiger charge is 2.04. The Hall–Kier alpha value is -2.76. The summed E-state index contributed by atoms with van der Waals surface area (Å²) in [4.78, 5) is 11.7. The molecule has 2 aromatic rings. The summed E-state index contributed by atoms with van der Waals surface area (Å²) >= 11 is 0. The molecule has 1 heterocycles. The molecule has 1 amide bonds. The molecule has 1 aromatic carbocycles. The maximum absolute atomic E-state index is 11.7. The molecule has 0 fully saturated rings. The second-order valence-electron chi connectivity index (χ2n) is 4.32. The first-order chi connectivity index (χ1) is 9.56. The third-order valence-electron chi connectivity index (χ3n) is 2.80. The lowest BCUT2D eigenvalue weighted by Crippen LogP contribution is -2.20. The van der Waals surface area contributed by atoms with E-state index in [1.165, 1.54) is 24.4 Å². The molecule has 0 aliphatic heterocycles. The summed E-state index contributed by atoms with van der Waals surface area (Å²) in [5.74, 6) is -0.390. The Balaban J connectivity index is 1.93. The molecule has 0 bridgehead atoms. The third-order valence-corrected chi connectivity index (χ3v) is 2.80. The minimum absolute atomic E-state index is 0.0348. The summed E-state index contributed by atoms with van der Waals surface area (Å²) in [6.45, 7) is 0. The van der Waals surface area contributed by atoms with Gasteiger partial charge in [-0.2, -0.15) is 5.10 Å². The molecule has 6 nitrogen and oxygen atoms in total. The number of hydrazone groups is 1. The highest BCUT2D eigenvalue weighted by Crippen LogP contribution is 2.20. The Bertz CT molecular complexity index is 647. The van der Waals surface area contributed by atoms with E-state index >= 15 is 0 Å². The van der Waals surface area contributed by atoms with E-state index in [2.05, 4.69) is 10.5 Å². The molecule has 20 heavy (non-hydrogen) atoms. The van der Waals surface area contributed by atoms with Crippen molar-refractivity contribution in [3.8, 4) is 11.5 Å². The van der Waals surface area contributed by atoms with Crippen LogP contribution in [0.2, 0.25) is 0 Å². The summed E-state index contributed by atoms with van der Waals surface area (Å²) in [7, 11) is 1.86. The fourth-order valence-corrected chi connectivity index (χ4v) is 1.70. The molecule has 0 saturated heterocycles. The van der Waals surface area contributed by atoms with Crippen LogP contribution in [-0.2, 0) is 18.3 Å². The number of nitrogens with zero attached hydrogens (tertiary/aromatic N) is 2. The second kappa shape index (κ2) is 5.92. The second-order valence-corrected chi connectivity index (χ2v) is 4.32. The van der Waals surface area contributed by atoms with Crippen LogP contribution >= 0.6 is 0 Å². The van der Waals surface area contributed by atoms with Gasteiger partial charge in [-0.3, -0.25) is 4.79 Å². The van der Waals surface area contributed by atoms with Crippen molar-refractivity contribution < 1.29 is 15.0 Å². The summed E-state index contributed by atoms with van der Waals surface area (Å²) in [6, 6.07) is 7.84. The van der Waals surface area contributed by atoms with Crippen LogP contribution in [0.4, 0.5) is 0 Å². The number of carbonyl (C=O) groups is 1. The topological polar surface area (TPSA) is 86.9 Å². The van der Waals surface area contributed by atoms with Crippen molar-refractivity contribution >= 4 is 12.1 Å². The van der Waals surface area contributed by atoms with Crippen LogP contribution in [0.1, 0.15) is 11.3 Å². The van der Waals surface area contributed by atoms with Gasteiger partial charge in [-0.15, -0.1) is 0 Å². The number of nitrogens with one attached hydrogen (secondary N) is 1. The Labute approximate surface area is 116 Å². The number of hydrogen-bond acceptors (Lipinski definition) is 4. The van der Waals surface area contributed by atoms with Gasteiger partial charge in [0.1, 0.15) is 11.5 Å². The molecule has 0 atom stereocenters. The van der Waals surface area contributed by atoms with Crippen LogP contribution in [0.3, 0.4) is 0 Å². The van der Waals surface area contributed by atoms with Crippen molar-refractivity contribution in [3.63, 3.8) is 0 Å². The maximum Gasteiger partial charge on any atom is 0.245 e. The minimum Gasteiger partial charge on any atom is -0.508 e. The van der Waals surface area contributed by atoms with Gasteiger partial charge in [0.25, 0.3) is 0 Å². The molecule has 0 spiro atoms. The Morgan fingerprint density at radius 2 is 2.20 bits per heavy atom. The Kier molecular flexibility index (Phi) is 4.05. The number of aromatic nitrogens is 1. The molecule has 0 unspecified atom stereocenters. The molecule has 104 valence electrons. The van der Waals surface area contributed by atoms with Crippen molar-refractivity contribution in [2.24, 2.45) is 12.1 Å². The number of hydrogen-bond donors (Lipinski definition) is 3. The predicted octanol–water partition coefficient (Wildman–Crippen LogP) is 1.13. The van der Waals surface area contributed by atoms with E-state index < -0.39 is 0 Å². The van der Waals surface area contributed by atoms with Crippen molar-refractivity contribution in [1.29, 1.82) is 0 Å². The molecule has 3 N–H and O–H groups in total. The van der Waals surface area contributed by atoms with Crippen LogP contribution in [0.15, 0.2) is 41.6 Å². The SMILES string of the molecule is Cn1cccc1CC(=O)N/N=C/c1ccc(O)cc1O. The average molecular weight is 273 g/mol. The largest absolute Gasteiger partial charge is 0.508 e. The van der Waals surface area contributed by atoms with E-state index in [4.69, 9.17) is 5.11 Å². The Morgan fingerprint density at radius 1 is 1.40 bits per heavy atom. The van der Waals surface area contributed by atoms with Gasteiger partial charge in [-0.1, -0.05) is 0 Å². The predicted molar refractivity (Wildman–Crippen MR) is 74.6 cm³/mol. The molecule has 6 heteroatoms. The van der Waals surface area contributed by atoms with Gasteiger partial charge in [0.2, 0.25) is 5.91 Å². The fourth-order valence-electron chi connectivity index (χ4n) is 1.70. The number of rotatable bonds is 4. The van der Waals surface area contributed by atoms with Gasteiger partial charge in [0.15, 0.2) is 0 Å². The van der Waals surface area contributed by atoms with Crippen LogP contribution in [0, 0.1) is 0 Å². The number of phenols is 2. The first-order valence-electron chi connectivity index (χ1n) is 6.00.